The monoisotopic (exact) mass is 532 g/mol. The molecule has 1 unspecified atom stereocenters. The number of aryl methyl sites for hydroxylation is 1. The third-order valence-electron chi connectivity index (χ3n) is 7.97. The SMILES string of the molecule is Cc1ccc2c(c1)C(=O)N1CCCCC1c1cc3nc(N4CC(N)C4)c(C)c(n3n1)N(C)CCNC(=O)CO2. The van der Waals surface area contributed by atoms with Crippen LogP contribution in [0.15, 0.2) is 24.3 Å². The number of fused-ring (bicyclic) bond motifs is 4. The summed E-state index contributed by atoms with van der Waals surface area (Å²) in [7, 11) is 2.00. The van der Waals surface area contributed by atoms with Crippen molar-refractivity contribution in [3.8, 4) is 5.75 Å². The minimum Gasteiger partial charge on any atom is -0.483 e. The highest BCUT2D eigenvalue weighted by Crippen LogP contribution is 2.36. The Balaban J connectivity index is 1.49. The molecule has 2 aromatic heterocycles. The number of carbonyl (C=O) groups is 2. The van der Waals surface area contributed by atoms with E-state index in [1.807, 2.05) is 41.6 Å². The fourth-order valence-corrected chi connectivity index (χ4v) is 5.92. The number of nitrogens with two attached hydrogens (primary N) is 1. The van der Waals surface area contributed by atoms with Crippen LogP contribution in [-0.4, -0.2) is 83.7 Å². The normalized spacial score (nSPS) is 20.9. The van der Waals surface area contributed by atoms with Gasteiger partial charge in [0.1, 0.15) is 17.4 Å². The largest absolute Gasteiger partial charge is 0.483 e. The molecule has 6 rings (SSSR count). The third-order valence-corrected chi connectivity index (χ3v) is 7.97. The fourth-order valence-electron chi connectivity index (χ4n) is 5.92. The lowest BCUT2D eigenvalue weighted by Crippen LogP contribution is -2.56. The zero-order valence-electron chi connectivity index (χ0n) is 22.8. The van der Waals surface area contributed by atoms with E-state index in [0.717, 1.165) is 66.5 Å². The quantitative estimate of drug-likeness (QED) is 0.487. The lowest BCUT2D eigenvalue weighted by molar-refractivity contribution is -0.123. The number of benzene rings is 1. The van der Waals surface area contributed by atoms with Crippen LogP contribution in [0.4, 0.5) is 11.6 Å². The van der Waals surface area contributed by atoms with Gasteiger partial charge in [-0.3, -0.25) is 9.59 Å². The van der Waals surface area contributed by atoms with E-state index in [1.54, 1.807) is 6.07 Å². The number of likely N-dealkylation sites (N-methyl/N-ethyl adjacent to an activating group) is 1. The van der Waals surface area contributed by atoms with Gasteiger partial charge in [-0.2, -0.15) is 9.61 Å². The number of piperidine rings is 1. The molecule has 0 spiro atoms. The molecule has 206 valence electrons. The van der Waals surface area contributed by atoms with Crippen LogP contribution in [0.5, 0.6) is 5.75 Å². The van der Waals surface area contributed by atoms with Crippen molar-refractivity contribution < 1.29 is 14.3 Å². The summed E-state index contributed by atoms with van der Waals surface area (Å²) in [6.07, 6.45) is 2.75. The predicted molar refractivity (Wildman–Crippen MR) is 148 cm³/mol. The first-order valence-electron chi connectivity index (χ1n) is 13.7. The van der Waals surface area contributed by atoms with Gasteiger partial charge in [0.05, 0.1) is 17.3 Å². The molecule has 3 aromatic rings. The lowest BCUT2D eigenvalue weighted by atomic mass is 9.97. The Morgan fingerprint density at radius 1 is 1.10 bits per heavy atom. The van der Waals surface area contributed by atoms with Crippen LogP contribution in [-0.2, 0) is 4.79 Å². The van der Waals surface area contributed by atoms with Gasteiger partial charge in [-0.05, 0) is 45.2 Å². The van der Waals surface area contributed by atoms with Gasteiger partial charge in [-0.25, -0.2) is 4.98 Å². The summed E-state index contributed by atoms with van der Waals surface area (Å²) in [5, 5.41) is 8.00. The van der Waals surface area contributed by atoms with E-state index in [1.165, 1.54) is 0 Å². The van der Waals surface area contributed by atoms with Crippen molar-refractivity contribution in [2.24, 2.45) is 5.73 Å². The molecule has 0 aliphatic carbocycles. The Labute approximate surface area is 227 Å². The Hall–Kier alpha value is -3.86. The number of nitrogens with one attached hydrogen (secondary N) is 1. The first kappa shape index (κ1) is 25.4. The molecule has 3 N–H and O–H groups in total. The highest BCUT2D eigenvalue weighted by Gasteiger charge is 2.34. The maximum Gasteiger partial charge on any atom is 0.258 e. The van der Waals surface area contributed by atoms with Crippen molar-refractivity contribution in [3.05, 3.63) is 46.6 Å². The summed E-state index contributed by atoms with van der Waals surface area (Å²) in [6, 6.07) is 7.49. The molecule has 2 bridgehead atoms. The van der Waals surface area contributed by atoms with E-state index in [9.17, 15) is 9.59 Å². The Kier molecular flexibility index (Phi) is 6.54. The standard InChI is InChI=1S/C28H36N8O3/c1-17-7-8-23-20(12-17)28(38)35-10-5-4-6-22(35)21-13-24-31-26(34-14-19(29)15-34)18(2)27(36(24)32-21)33(3)11-9-30-25(37)16-39-23/h7-8,12-13,19,22H,4-6,9-11,14-16,29H2,1-3H3,(H,30,37). The van der Waals surface area contributed by atoms with E-state index >= 15 is 0 Å². The topological polar surface area (TPSA) is 121 Å². The van der Waals surface area contributed by atoms with E-state index in [-0.39, 0.29) is 30.5 Å². The summed E-state index contributed by atoms with van der Waals surface area (Å²) in [4.78, 5) is 37.9. The van der Waals surface area contributed by atoms with Gasteiger partial charge < -0.3 is 30.5 Å². The van der Waals surface area contributed by atoms with Crippen molar-refractivity contribution in [2.75, 3.05) is 56.2 Å². The molecule has 11 nitrogen and oxygen atoms in total. The summed E-state index contributed by atoms with van der Waals surface area (Å²) in [5.74, 6) is 1.88. The van der Waals surface area contributed by atoms with Crippen LogP contribution in [0.1, 0.15) is 52.5 Å². The lowest BCUT2D eigenvalue weighted by Gasteiger charge is -2.39. The van der Waals surface area contributed by atoms with Crippen molar-refractivity contribution >= 4 is 29.1 Å². The van der Waals surface area contributed by atoms with Crippen molar-refractivity contribution in [1.82, 2.24) is 24.8 Å². The van der Waals surface area contributed by atoms with Gasteiger partial charge in [-0.15, -0.1) is 0 Å². The van der Waals surface area contributed by atoms with Crippen LogP contribution in [0, 0.1) is 13.8 Å². The van der Waals surface area contributed by atoms with Gasteiger partial charge in [0.15, 0.2) is 12.3 Å². The second-order valence-electron chi connectivity index (χ2n) is 11.0. The summed E-state index contributed by atoms with van der Waals surface area (Å²) in [5.41, 5.74) is 10.1. The number of aromatic nitrogens is 3. The molecule has 11 heteroatoms. The van der Waals surface area contributed by atoms with Gasteiger partial charge in [-0.1, -0.05) is 11.6 Å². The number of amides is 2. The summed E-state index contributed by atoms with van der Waals surface area (Å²) in [6.45, 7) is 6.99. The number of ether oxygens (including phenoxy) is 1. The molecule has 2 saturated heterocycles. The van der Waals surface area contributed by atoms with E-state index in [0.29, 0.717) is 30.9 Å². The molecule has 0 radical (unpaired) electrons. The first-order chi connectivity index (χ1) is 18.8. The third kappa shape index (κ3) is 4.64. The Bertz CT molecular complexity index is 1430. The maximum absolute atomic E-state index is 14.0. The van der Waals surface area contributed by atoms with E-state index in [4.69, 9.17) is 20.6 Å². The minimum atomic E-state index is -0.237. The summed E-state index contributed by atoms with van der Waals surface area (Å²) < 4.78 is 7.77. The van der Waals surface area contributed by atoms with Crippen LogP contribution < -0.4 is 25.6 Å². The Morgan fingerprint density at radius 3 is 2.72 bits per heavy atom. The number of hydrogen-bond acceptors (Lipinski definition) is 8. The Morgan fingerprint density at radius 2 is 1.92 bits per heavy atom. The molecule has 1 aromatic carbocycles. The first-order valence-corrected chi connectivity index (χ1v) is 13.7. The molecule has 2 fully saturated rings. The number of hydrogen-bond donors (Lipinski definition) is 2. The number of nitrogens with zero attached hydrogens (tertiary/aromatic N) is 6. The fraction of sp³-hybridized carbons (Fsp3) is 0.500. The number of anilines is 2. The van der Waals surface area contributed by atoms with Gasteiger partial charge in [0.25, 0.3) is 11.8 Å². The van der Waals surface area contributed by atoms with Crippen LogP contribution >= 0.6 is 0 Å². The molecule has 1 atom stereocenters. The van der Waals surface area contributed by atoms with Crippen molar-refractivity contribution in [1.29, 1.82) is 0 Å². The highest BCUT2D eigenvalue weighted by atomic mass is 16.5. The van der Waals surface area contributed by atoms with Crippen molar-refractivity contribution in [2.45, 2.75) is 45.2 Å². The second-order valence-corrected chi connectivity index (χ2v) is 11.0. The average Bonchev–Trinajstić information content (AvgIpc) is 3.32. The van der Waals surface area contributed by atoms with Gasteiger partial charge in [0, 0.05) is 57.4 Å². The minimum absolute atomic E-state index is 0.111. The van der Waals surface area contributed by atoms with Gasteiger partial charge >= 0.3 is 0 Å². The van der Waals surface area contributed by atoms with E-state index < -0.39 is 0 Å². The molecule has 3 aliphatic heterocycles. The second kappa shape index (κ2) is 10.0. The molecule has 3 aliphatic rings. The van der Waals surface area contributed by atoms with E-state index in [2.05, 4.69) is 22.0 Å². The van der Waals surface area contributed by atoms with Crippen LogP contribution in [0.2, 0.25) is 0 Å². The highest BCUT2D eigenvalue weighted by molar-refractivity contribution is 5.97. The summed E-state index contributed by atoms with van der Waals surface area (Å²) >= 11 is 0. The smallest absolute Gasteiger partial charge is 0.258 e. The zero-order valence-corrected chi connectivity index (χ0v) is 22.8. The maximum atomic E-state index is 14.0. The zero-order chi connectivity index (χ0) is 27.3. The van der Waals surface area contributed by atoms with Crippen molar-refractivity contribution in [3.63, 3.8) is 0 Å². The molecular weight excluding hydrogens is 496 g/mol. The number of rotatable bonds is 1. The van der Waals surface area contributed by atoms with Gasteiger partial charge in [0.2, 0.25) is 0 Å². The van der Waals surface area contributed by atoms with Crippen LogP contribution in [0.25, 0.3) is 5.65 Å². The van der Waals surface area contributed by atoms with Crippen LogP contribution in [0.3, 0.4) is 0 Å². The molecule has 0 saturated carbocycles. The predicted octanol–water partition coefficient (Wildman–Crippen LogP) is 1.81. The molecule has 5 heterocycles. The molecule has 2 amide bonds. The molecule has 39 heavy (non-hydrogen) atoms. The molecular formula is C28H36N8O3. The number of carbonyl (C=O) groups excluding carboxylic acids is 2. The average molecular weight is 533 g/mol.